The first-order valence-corrected chi connectivity index (χ1v) is 6.09. The van der Waals surface area contributed by atoms with Crippen molar-refractivity contribution in [3.8, 4) is 0 Å². The molecule has 2 nitrogen and oxygen atoms in total. The lowest BCUT2D eigenvalue weighted by Crippen LogP contribution is -2.15. The molecule has 0 aromatic heterocycles. The standard InChI is InChI=1S/C14H12ClFN2/c15-12-6-10(16)4-5-14(12)18-7-9-2-1-3-13(17)11(9)8-18/h1-6H,7-8,17H2. The van der Waals surface area contributed by atoms with Gasteiger partial charge in [0.25, 0.3) is 0 Å². The number of nitrogens with zero attached hydrogens (tertiary/aromatic N) is 1. The fraction of sp³-hybridized carbons (Fsp3) is 0.143. The quantitative estimate of drug-likeness (QED) is 0.796. The SMILES string of the molecule is Nc1cccc2c1CN(c1ccc(F)cc1Cl)C2. The van der Waals surface area contributed by atoms with Gasteiger partial charge in [0.1, 0.15) is 5.82 Å². The minimum Gasteiger partial charge on any atom is -0.398 e. The Morgan fingerprint density at radius 2 is 2.00 bits per heavy atom. The highest BCUT2D eigenvalue weighted by molar-refractivity contribution is 6.33. The summed E-state index contributed by atoms with van der Waals surface area (Å²) < 4.78 is 13.0. The second-order valence-corrected chi connectivity index (χ2v) is 4.84. The van der Waals surface area contributed by atoms with Gasteiger partial charge >= 0.3 is 0 Å². The lowest BCUT2D eigenvalue weighted by atomic mass is 10.1. The smallest absolute Gasteiger partial charge is 0.124 e. The largest absolute Gasteiger partial charge is 0.398 e. The van der Waals surface area contributed by atoms with E-state index < -0.39 is 0 Å². The number of benzene rings is 2. The molecule has 3 rings (SSSR count). The van der Waals surface area contributed by atoms with Crippen LogP contribution in [0, 0.1) is 5.82 Å². The Bertz CT molecular complexity index is 613. The summed E-state index contributed by atoms with van der Waals surface area (Å²) in [5.41, 5.74) is 9.94. The Kier molecular flexibility index (Phi) is 2.63. The molecule has 0 radical (unpaired) electrons. The molecule has 0 saturated carbocycles. The van der Waals surface area contributed by atoms with E-state index >= 15 is 0 Å². The molecule has 0 aliphatic carbocycles. The molecule has 0 atom stereocenters. The Hall–Kier alpha value is -1.74. The molecule has 4 heteroatoms. The average molecular weight is 263 g/mol. The predicted molar refractivity (Wildman–Crippen MR) is 72.2 cm³/mol. The van der Waals surface area contributed by atoms with Crippen LogP contribution in [0.25, 0.3) is 0 Å². The van der Waals surface area contributed by atoms with Crippen molar-refractivity contribution < 1.29 is 4.39 Å². The zero-order valence-corrected chi connectivity index (χ0v) is 10.4. The third-order valence-electron chi connectivity index (χ3n) is 3.27. The van der Waals surface area contributed by atoms with Crippen molar-refractivity contribution in [3.05, 3.63) is 58.4 Å². The van der Waals surface area contributed by atoms with E-state index in [1.54, 1.807) is 6.07 Å². The third kappa shape index (κ3) is 1.81. The molecule has 2 N–H and O–H groups in total. The normalized spacial score (nSPS) is 13.8. The van der Waals surface area contributed by atoms with Gasteiger partial charge < -0.3 is 10.6 Å². The third-order valence-corrected chi connectivity index (χ3v) is 3.57. The van der Waals surface area contributed by atoms with E-state index in [0.717, 1.165) is 23.5 Å². The highest BCUT2D eigenvalue weighted by Gasteiger charge is 2.22. The molecule has 0 amide bonds. The van der Waals surface area contributed by atoms with Gasteiger partial charge in [-0.2, -0.15) is 0 Å². The lowest BCUT2D eigenvalue weighted by molar-refractivity contribution is 0.627. The van der Waals surface area contributed by atoms with Crippen molar-refractivity contribution in [1.82, 2.24) is 0 Å². The molecular formula is C14H12ClFN2. The van der Waals surface area contributed by atoms with Crippen molar-refractivity contribution in [2.24, 2.45) is 0 Å². The van der Waals surface area contributed by atoms with Crippen molar-refractivity contribution in [1.29, 1.82) is 0 Å². The molecule has 0 unspecified atom stereocenters. The number of hydrogen-bond acceptors (Lipinski definition) is 2. The molecule has 1 aliphatic heterocycles. The highest BCUT2D eigenvalue weighted by Crippen LogP contribution is 2.35. The van der Waals surface area contributed by atoms with Gasteiger partial charge in [-0.25, -0.2) is 4.39 Å². The monoisotopic (exact) mass is 262 g/mol. The van der Waals surface area contributed by atoms with Crippen LogP contribution in [0.1, 0.15) is 11.1 Å². The highest BCUT2D eigenvalue weighted by atomic mass is 35.5. The summed E-state index contributed by atoms with van der Waals surface area (Å²) in [5, 5.41) is 0.432. The number of fused-ring (bicyclic) bond motifs is 1. The molecule has 0 bridgehead atoms. The molecule has 18 heavy (non-hydrogen) atoms. The van der Waals surface area contributed by atoms with Crippen molar-refractivity contribution in [2.75, 3.05) is 10.6 Å². The van der Waals surface area contributed by atoms with E-state index in [0.29, 0.717) is 11.6 Å². The molecule has 0 fully saturated rings. The summed E-state index contributed by atoms with van der Waals surface area (Å²) in [7, 11) is 0. The summed E-state index contributed by atoms with van der Waals surface area (Å²) >= 11 is 6.08. The van der Waals surface area contributed by atoms with Crippen LogP contribution in [0.2, 0.25) is 5.02 Å². The van der Waals surface area contributed by atoms with E-state index in [-0.39, 0.29) is 5.82 Å². The number of nitrogens with two attached hydrogens (primary N) is 1. The van der Waals surface area contributed by atoms with Crippen molar-refractivity contribution >= 4 is 23.0 Å². The average Bonchev–Trinajstić information content (AvgIpc) is 2.74. The Balaban J connectivity index is 1.96. The number of nitrogen functional groups attached to an aromatic ring is 1. The molecule has 1 heterocycles. The minimum absolute atomic E-state index is 0.319. The molecule has 2 aromatic carbocycles. The maximum absolute atomic E-state index is 13.0. The summed E-state index contributed by atoms with van der Waals surface area (Å²) in [6, 6.07) is 10.4. The fourth-order valence-electron chi connectivity index (χ4n) is 2.36. The molecule has 0 spiro atoms. The van der Waals surface area contributed by atoms with Gasteiger partial charge in [0.05, 0.1) is 10.7 Å². The minimum atomic E-state index is -0.319. The molecule has 1 aliphatic rings. The van der Waals surface area contributed by atoms with E-state index in [9.17, 15) is 4.39 Å². The summed E-state index contributed by atoms with van der Waals surface area (Å²) in [5.74, 6) is -0.319. The maximum atomic E-state index is 13.0. The van der Waals surface area contributed by atoms with E-state index in [2.05, 4.69) is 11.0 Å². The van der Waals surface area contributed by atoms with Gasteiger partial charge in [0.2, 0.25) is 0 Å². The first-order valence-electron chi connectivity index (χ1n) is 5.71. The van der Waals surface area contributed by atoms with Crippen LogP contribution in [0.15, 0.2) is 36.4 Å². The van der Waals surface area contributed by atoms with Crippen molar-refractivity contribution in [3.63, 3.8) is 0 Å². The van der Waals surface area contributed by atoms with Crippen LogP contribution in [-0.2, 0) is 13.1 Å². The van der Waals surface area contributed by atoms with E-state index in [1.807, 2.05) is 12.1 Å². The summed E-state index contributed by atoms with van der Waals surface area (Å²) in [4.78, 5) is 2.10. The van der Waals surface area contributed by atoms with Crippen LogP contribution in [0.5, 0.6) is 0 Å². The van der Waals surface area contributed by atoms with Crippen LogP contribution in [0.3, 0.4) is 0 Å². The molecule has 0 saturated heterocycles. The van der Waals surface area contributed by atoms with Crippen LogP contribution in [-0.4, -0.2) is 0 Å². The molecule has 2 aromatic rings. The van der Waals surface area contributed by atoms with Crippen LogP contribution in [0.4, 0.5) is 15.8 Å². The number of hydrogen-bond donors (Lipinski definition) is 1. The van der Waals surface area contributed by atoms with Gasteiger partial charge in [-0.3, -0.25) is 0 Å². The molecule has 92 valence electrons. The van der Waals surface area contributed by atoms with Crippen LogP contribution < -0.4 is 10.6 Å². The number of rotatable bonds is 1. The van der Waals surface area contributed by atoms with E-state index in [4.69, 9.17) is 17.3 Å². The zero-order valence-electron chi connectivity index (χ0n) is 9.66. The predicted octanol–water partition coefficient (Wildman–Crippen LogP) is 3.58. The van der Waals surface area contributed by atoms with Gasteiger partial charge in [-0.05, 0) is 35.4 Å². The second kappa shape index (κ2) is 4.18. The van der Waals surface area contributed by atoms with Crippen molar-refractivity contribution in [2.45, 2.75) is 13.1 Å². The Morgan fingerprint density at radius 1 is 1.17 bits per heavy atom. The summed E-state index contributed by atoms with van der Waals surface area (Å²) in [6.07, 6.45) is 0. The Labute approximate surface area is 110 Å². The Morgan fingerprint density at radius 3 is 2.72 bits per heavy atom. The van der Waals surface area contributed by atoms with Gasteiger partial charge in [-0.1, -0.05) is 23.7 Å². The second-order valence-electron chi connectivity index (χ2n) is 4.44. The molecular weight excluding hydrogens is 251 g/mol. The topological polar surface area (TPSA) is 29.3 Å². The number of halogens is 2. The number of anilines is 2. The maximum Gasteiger partial charge on any atom is 0.124 e. The first kappa shape index (κ1) is 11.4. The zero-order chi connectivity index (χ0) is 12.7. The van der Waals surface area contributed by atoms with Gasteiger partial charge in [0, 0.05) is 18.8 Å². The summed E-state index contributed by atoms with van der Waals surface area (Å²) in [6.45, 7) is 1.47. The van der Waals surface area contributed by atoms with Gasteiger partial charge in [0.15, 0.2) is 0 Å². The first-order chi connectivity index (χ1) is 8.65. The van der Waals surface area contributed by atoms with Gasteiger partial charge in [-0.15, -0.1) is 0 Å². The van der Waals surface area contributed by atoms with E-state index in [1.165, 1.54) is 17.7 Å². The lowest BCUT2D eigenvalue weighted by Gasteiger charge is -2.19. The fourth-order valence-corrected chi connectivity index (χ4v) is 2.64. The van der Waals surface area contributed by atoms with Crippen LogP contribution >= 0.6 is 11.6 Å².